The summed E-state index contributed by atoms with van der Waals surface area (Å²) in [5.74, 6) is -0.856. The lowest BCUT2D eigenvalue weighted by Crippen LogP contribution is -2.25. The van der Waals surface area contributed by atoms with Crippen LogP contribution in [-0.4, -0.2) is 0 Å². The van der Waals surface area contributed by atoms with E-state index in [9.17, 15) is 8.78 Å². The fraction of sp³-hybridized carbons (Fsp3) is 0.700. The first-order valence-corrected chi connectivity index (χ1v) is 9.09. The van der Waals surface area contributed by atoms with E-state index in [0.717, 1.165) is 18.9 Å². The Morgan fingerprint density at radius 2 is 1.73 bits per heavy atom. The molecule has 0 aliphatic heterocycles. The molecule has 0 radical (unpaired) electrons. The van der Waals surface area contributed by atoms with Gasteiger partial charge in [0.15, 0.2) is 0 Å². The van der Waals surface area contributed by atoms with E-state index >= 15 is 0 Å². The quantitative estimate of drug-likeness (QED) is 0.462. The van der Waals surface area contributed by atoms with Crippen LogP contribution in [0.5, 0.6) is 0 Å². The molecule has 0 spiro atoms. The summed E-state index contributed by atoms with van der Waals surface area (Å²) in [4.78, 5) is 0. The number of rotatable bonds is 8. The third kappa shape index (κ3) is 5.07. The minimum absolute atomic E-state index is 0.378. The van der Waals surface area contributed by atoms with Crippen molar-refractivity contribution in [3.05, 3.63) is 35.4 Å². The van der Waals surface area contributed by atoms with E-state index in [2.05, 4.69) is 6.92 Å². The van der Waals surface area contributed by atoms with E-state index in [0.29, 0.717) is 11.0 Å². The summed E-state index contributed by atoms with van der Waals surface area (Å²) < 4.78 is 26.9. The standard InChI is InChI=1S/C20H30F2/c1-2-3-4-6-12-20(13-7-5-8-14-20)15-11-17-9-10-18(21)16-19(17)22/h9-10,16H,2-8,11-15H2,1H3. The van der Waals surface area contributed by atoms with Gasteiger partial charge in [0, 0.05) is 6.07 Å². The number of unbranched alkanes of at least 4 members (excludes halogenated alkanes) is 3. The largest absolute Gasteiger partial charge is 0.207 e. The zero-order valence-corrected chi connectivity index (χ0v) is 14.0. The second-order valence-corrected chi connectivity index (χ2v) is 7.11. The van der Waals surface area contributed by atoms with Crippen LogP contribution in [-0.2, 0) is 6.42 Å². The van der Waals surface area contributed by atoms with Crippen molar-refractivity contribution >= 4 is 0 Å². The highest BCUT2D eigenvalue weighted by Crippen LogP contribution is 2.44. The van der Waals surface area contributed by atoms with Gasteiger partial charge < -0.3 is 0 Å². The van der Waals surface area contributed by atoms with Crippen LogP contribution in [0, 0.1) is 17.0 Å². The number of benzene rings is 1. The molecule has 124 valence electrons. The lowest BCUT2D eigenvalue weighted by Gasteiger charge is -2.38. The molecular formula is C20H30F2. The summed E-state index contributed by atoms with van der Waals surface area (Å²) in [7, 11) is 0. The Hall–Kier alpha value is -0.920. The molecule has 0 unspecified atom stereocenters. The molecule has 0 bridgehead atoms. The molecule has 2 heteroatoms. The molecule has 1 saturated carbocycles. The van der Waals surface area contributed by atoms with Crippen LogP contribution < -0.4 is 0 Å². The number of halogens is 2. The van der Waals surface area contributed by atoms with Gasteiger partial charge in [0.05, 0.1) is 0 Å². The van der Waals surface area contributed by atoms with E-state index in [1.807, 2.05) is 0 Å². The Morgan fingerprint density at radius 3 is 2.41 bits per heavy atom. The Morgan fingerprint density at radius 1 is 0.955 bits per heavy atom. The Labute approximate surface area is 134 Å². The van der Waals surface area contributed by atoms with Gasteiger partial charge in [-0.2, -0.15) is 0 Å². The van der Waals surface area contributed by atoms with Gasteiger partial charge in [-0.25, -0.2) is 8.78 Å². The topological polar surface area (TPSA) is 0 Å². The van der Waals surface area contributed by atoms with Gasteiger partial charge in [-0.05, 0) is 49.1 Å². The minimum Gasteiger partial charge on any atom is -0.207 e. The lowest BCUT2D eigenvalue weighted by atomic mass is 9.68. The average molecular weight is 308 g/mol. The van der Waals surface area contributed by atoms with Crippen molar-refractivity contribution < 1.29 is 8.78 Å². The maximum absolute atomic E-state index is 13.8. The molecule has 0 heterocycles. The Kier molecular flexibility index (Phi) is 6.85. The normalized spacial score (nSPS) is 17.6. The van der Waals surface area contributed by atoms with Crippen LogP contribution in [0.15, 0.2) is 18.2 Å². The molecule has 22 heavy (non-hydrogen) atoms. The molecule has 0 atom stereocenters. The van der Waals surface area contributed by atoms with Crippen molar-refractivity contribution in [1.82, 2.24) is 0 Å². The van der Waals surface area contributed by atoms with Crippen molar-refractivity contribution in [3.8, 4) is 0 Å². The van der Waals surface area contributed by atoms with E-state index in [1.54, 1.807) is 6.07 Å². The Bertz CT molecular complexity index is 447. The predicted molar refractivity (Wildman–Crippen MR) is 89.0 cm³/mol. The van der Waals surface area contributed by atoms with Gasteiger partial charge in [-0.15, -0.1) is 0 Å². The molecule has 1 aromatic carbocycles. The molecule has 0 saturated heterocycles. The maximum atomic E-state index is 13.8. The van der Waals surface area contributed by atoms with Crippen LogP contribution in [0.1, 0.15) is 83.1 Å². The minimum atomic E-state index is -0.479. The van der Waals surface area contributed by atoms with Crippen LogP contribution in [0.2, 0.25) is 0 Å². The van der Waals surface area contributed by atoms with Gasteiger partial charge in [-0.1, -0.05) is 57.9 Å². The van der Waals surface area contributed by atoms with Gasteiger partial charge in [0.25, 0.3) is 0 Å². The molecule has 0 aromatic heterocycles. The van der Waals surface area contributed by atoms with Crippen LogP contribution in [0.25, 0.3) is 0 Å². The van der Waals surface area contributed by atoms with E-state index < -0.39 is 5.82 Å². The first kappa shape index (κ1) is 17.4. The summed E-state index contributed by atoms with van der Waals surface area (Å²) >= 11 is 0. The molecule has 0 amide bonds. The summed E-state index contributed by atoms with van der Waals surface area (Å²) in [6.45, 7) is 2.24. The fourth-order valence-corrected chi connectivity index (χ4v) is 3.98. The summed E-state index contributed by atoms with van der Waals surface area (Å²) in [5.41, 5.74) is 1.09. The summed E-state index contributed by atoms with van der Waals surface area (Å²) in [6.07, 6.45) is 14.9. The highest BCUT2D eigenvalue weighted by molar-refractivity contribution is 5.19. The van der Waals surface area contributed by atoms with Crippen molar-refractivity contribution in [1.29, 1.82) is 0 Å². The third-order valence-corrected chi connectivity index (χ3v) is 5.41. The third-order valence-electron chi connectivity index (χ3n) is 5.41. The first-order valence-electron chi connectivity index (χ1n) is 9.09. The molecule has 0 nitrogen and oxygen atoms in total. The van der Waals surface area contributed by atoms with Gasteiger partial charge in [0.1, 0.15) is 11.6 Å². The van der Waals surface area contributed by atoms with Crippen LogP contribution >= 0.6 is 0 Å². The summed E-state index contributed by atoms with van der Waals surface area (Å²) in [6, 6.07) is 4.02. The highest BCUT2D eigenvalue weighted by atomic mass is 19.1. The van der Waals surface area contributed by atoms with E-state index in [-0.39, 0.29) is 5.82 Å². The summed E-state index contributed by atoms with van der Waals surface area (Å²) in [5, 5.41) is 0. The second kappa shape index (κ2) is 8.64. The van der Waals surface area contributed by atoms with Crippen LogP contribution in [0.4, 0.5) is 8.78 Å². The first-order chi connectivity index (χ1) is 10.7. The number of hydrogen-bond donors (Lipinski definition) is 0. The molecular weight excluding hydrogens is 278 g/mol. The molecule has 1 aliphatic carbocycles. The molecule has 2 rings (SSSR count). The van der Waals surface area contributed by atoms with Gasteiger partial charge in [0.2, 0.25) is 0 Å². The predicted octanol–water partition coefficient (Wildman–Crippen LogP) is 6.82. The zero-order valence-electron chi connectivity index (χ0n) is 14.0. The van der Waals surface area contributed by atoms with Gasteiger partial charge in [-0.3, -0.25) is 0 Å². The van der Waals surface area contributed by atoms with Crippen molar-refractivity contribution in [2.45, 2.75) is 84.0 Å². The van der Waals surface area contributed by atoms with E-state index in [4.69, 9.17) is 0 Å². The van der Waals surface area contributed by atoms with Gasteiger partial charge >= 0.3 is 0 Å². The SMILES string of the molecule is CCCCCCC1(CCc2ccc(F)cc2F)CCCCC1. The molecule has 1 fully saturated rings. The highest BCUT2D eigenvalue weighted by Gasteiger charge is 2.31. The smallest absolute Gasteiger partial charge is 0.129 e. The second-order valence-electron chi connectivity index (χ2n) is 7.11. The average Bonchev–Trinajstić information content (AvgIpc) is 2.52. The fourth-order valence-electron chi connectivity index (χ4n) is 3.98. The van der Waals surface area contributed by atoms with Crippen LogP contribution in [0.3, 0.4) is 0 Å². The molecule has 1 aromatic rings. The number of hydrogen-bond acceptors (Lipinski definition) is 0. The van der Waals surface area contributed by atoms with Crippen molar-refractivity contribution in [2.24, 2.45) is 5.41 Å². The number of aryl methyl sites for hydroxylation is 1. The van der Waals surface area contributed by atoms with Crippen molar-refractivity contribution in [3.63, 3.8) is 0 Å². The molecule has 1 aliphatic rings. The lowest BCUT2D eigenvalue weighted by molar-refractivity contribution is 0.151. The van der Waals surface area contributed by atoms with Crippen molar-refractivity contribution in [2.75, 3.05) is 0 Å². The zero-order chi connectivity index (χ0) is 15.8. The maximum Gasteiger partial charge on any atom is 0.129 e. The molecule has 0 N–H and O–H groups in total. The monoisotopic (exact) mass is 308 g/mol. The Balaban J connectivity index is 1.93. The van der Waals surface area contributed by atoms with E-state index in [1.165, 1.54) is 70.3 Å².